The number of hydrogen-bond donors (Lipinski definition) is 2. The largest absolute Gasteiger partial charge is 0.389 e. The van der Waals surface area contributed by atoms with E-state index in [9.17, 15) is 5.11 Å². The lowest BCUT2D eigenvalue weighted by Crippen LogP contribution is -2.10. The number of hydrogen-bond acceptors (Lipinski definition) is 4. The molecule has 1 aromatic rings. The Bertz CT molecular complexity index is 362. The van der Waals surface area contributed by atoms with Gasteiger partial charge in [0, 0.05) is 6.20 Å². The van der Waals surface area contributed by atoms with Crippen molar-refractivity contribution in [3.05, 3.63) is 24.2 Å². The minimum Gasteiger partial charge on any atom is -0.389 e. The van der Waals surface area contributed by atoms with E-state index in [2.05, 4.69) is 9.97 Å². The van der Waals surface area contributed by atoms with Gasteiger partial charge >= 0.3 is 0 Å². The van der Waals surface area contributed by atoms with Crippen LogP contribution in [0, 0.1) is 0 Å². The molecular weight excluding hydrogens is 178 g/mol. The Morgan fingerprint density at radius 1 is 1.50 bits per heavy atom. The van der Waals surface area contributed by atoms with E-state index in [4.69, 9.17) is 5.73 Å². The van der Waals surface area contributed by atoms with Gasteiger partial charge in [-0.1, -0.05) is 0 Å². The van der Waals surface area contributed by atoms with Gasteiger partial charge in [-0.05, 0) is 37.0 Å². The standard InChI is InChI=1S/C10H13N3O/c11-9-4-5-12-10(13-9)7-2-1-3-8(14)6-7/h4-6,8,14H,1-3H2,(H2,11,12,13). The molecular formula is C10H13N3O. The number of anilines is 1. The second-order valence-corrected chi connectivity index (χ2v) is 3.46. The van der Waals surface area contributed by atoms with E-state index in [1.807, 2.05) is 6.08 Å². The zero-order valence-corrected chi connectivity index (χ0v) is 7.85. The van der Waals surface area contributed by atoms with Crippen molar-refractivity contribution in [2.75, 3.05) is 5.73 Å². The molecule has 0 saturated heterocycles. The quantitative estimate of drug-likeness (QED) is 0.694. The number of rotatable bonds is 1. The number of allylic oxidation sites excluding steroid dienone is 1. The average Bonchev–Trinajstić information content (AvgIpc) is 2.18. The average molecular weight is 191 g/mol. The third-order valence-corrected chi connectivity index (χ3v) is 2.30. The molecule has 1 aliphatic carbocycles. The maximum Gasteiger partial charge on any atom is 0.157 e. The molecule has 0 amide bonds. The lowest BCUT2D eigenvalue weighted by atomic mass is 9.97. The first-order valence-electron chi connectivity index (χ1n) is 4.73. The van der Waals surface area contributed by atoms with E-state index in [0.717, 1.165) is 24.8 Å². The molecule has 3 N–H and O–H groups in total. The van der Waals surface area contributed by atoms with Crippen LogP contribution in [-0.4, -0.2) is 21.2 Å². The van der Waals surface area contributed by atoms with Gasteiger partial charge in [-0.25, -0.2) is 9.97 Å². The van der Waals surface area contributed by atoms with E-state index >= 15 is 0 Å². The Kier molecular flexibility index (Phi) is 2.45. The van der Waals surface area contributed by atoms with Crippen LogP contribution in [0.5, 0.6) is 0 Å². The second kappa shape index (κ2) is 3.75. The molecule has 1 unspecified atom stereocenters. The maximum absolute atomic E-state index is 9.45. The summed E-state index contributed by atoms with van der Waals surface area (Å²) >= 11 is 0. The fourth-order valence-electron chi connectivity index (χ4n) is 1.61. The summed E-state index contributed by atoms with van der Waals surface area (Å²) in [6.45, 7) is 0. The Labute approximate surface area is 82.5 Å². The van der Waals surface area contributed by atoms with Gasteiger partial charge in [0.15, 0.2) is 5.82 Å². The highest BCUT2D eigenvalue weighted by molar-refractivity contribution is 5.61. The van der Waals surface area contributed by atoms with Gasteiger partial charge in [0.2, 0.25) is 0 Å². The fourth-order valence-corrected chi connectivity index (χ4v) is 1.61. The molecule has 0 aromatic carbocycles. The van der Waals surface area contributed by atoms with Gasteiger partial charge < -0.3 is 10.8 Å². The molecule has 2 rings (SSSR count). The minimum absolute atomic E-state index is 0.358. The lowest BCUT2D eigenvalue weighted by molar-refractivity contribution is 0.206. The molecule has 4 heteroatoms. The third-order valence-electron chi connectivity index (χ3n) is 2.30. The van der Waals surface area contributed by atoms with Crippen LogP contribution in [0.4, 0.5) is 5.82 Å². The minimum atomic E-state index is -0.358. The Morgan fingerprint density at radius 2 is 2.36 bits per heavy atom. The highest BCUT2D eigenvalue weighted by Gasteiger charge is 2.13. The Balaban J connectivity index is 2.30. The molecule has 1 aliphatic rings. The van der Waals surface area contributed by atoms with Gasteiger partial charge in [-0.3, -0.25) is 0 Å². The summed E-state index contributed by atoms with van der Waals surface area (Å²) in [7, 11) is 0. The Morgan fingerprint density at radius 3 is 3.07 bits per heavy atom. The molecule has 14 heavy (non-hydrogen) atoms. The first kappa shape index (κ1) is 9.15. The van der Waals surface area contributed by atoms with Gasteiger partial charge in [-0.15, -0.1) is 0 Å². The zero-order chi connectivity index (χ0) is 9.97. The lowest BCUT2D eigenvalue weighted by Gasteiger charge is -2.15. The second-order valence-electron chi connectivity index (χ2n) is 3.46. The van der Waals surface area contributed by atoms with Crippen molar-refractivity contribution in [3.63, 3.8) is 0 Å². The summed E-state index contributed by atoms with van der Waals surface area (Å²) in [5, 5.41) is 9.45. The topological polar surface area (TPSA) is 72.0 Å². The van der Waals surface area contributed by atoms with Crippen LogP contribution in [0.2, 0.25) is 0 Å². The number of aliphatic hydroxyl groups excluding tert-OH is 1. The fraction of sp³-hybridized carbons (Fsp3) is 0.400. The molecule has 1 atom stereocenters. The molecule has 0 radical (unpaired) electrons. The third kappa shape index (κ3) is 1.90. The summed E-state index contributed by atoms with van der Waals surface area (Å²) in [5.74, 6) is 1.11. The first-order chi connectivity index (χ1) is 6.75. The predicted octanol–water partition coefficient (Wildman–Crippen LogP) is 0.987. The van der Waals surface area contributed by atoms with Gasteiger partial charge in [0.1, 0.15) is 5.82 Å². The summed E-state index contributed by atoms with van der Waals surface area (Å²) in [6, 6.07) is 1.66. The zero-order valence-electron chi connectivity index (χ0n) is 7.85. The van der Waals surface area contributed by atoms with Gasteiger partial charge in [0.05, 0.1) is 6.10 Å². The van der Waals surface area contributed by atoms with Crippen molar-refractivity contribution < 1.29 is 5.11 Å². The van der Waals surface area contributed by atoms with Crippen LogP contribution in [0.3, 0.4) is 0 Å². The molecule has 74 valence electrons. The van der Waals surface area contributed by atoms with Crippen molar-refractivity contribution in [2.45, 2.75) is 25.4 Å². The molecule has 0 spiro atoms. The monoisotopic (exact) mass is 191 g/mol. The van der Waals surface area contributed by atoms with Crippen molar-refractivity contribution in [1.82, 2.24) is 9.97 Å². The van der Waals surface area contributed by atoms with Crippen LogP contribution >= 0.6 is 0 Å². The highest BCUT2D eigenvalue weighted by atomic mass is 16.3. The molecule has 0 bridgehead atoms. The van der Waals surface area contributed by atoms with Gasteiger partial charge in [0.25, 0.3) is 0 Å². The molecule has 1 heterocycles. The van der Waals surface area contributed by atoms with E-state index < -0.39 is 0 Å². The number of nitrogens with two attached hydrogens (primary N) is 1. The summed E-state index contributed by atoms with van der Waals surface area (Å²) < 4.78 is 0. The van der Waals surface area contributed by atoms with Crippen LogP contribution in [0.1, 0.15) is 25.1 Å². The van der Waals surface area contributed by atoms with Crippen molar-refractivity contribution in [2.24, 2.45) is 0 Å². The smallest absolute Gasteiger partial charge is 0.157 e. The molecule has 0 saturated carbocycles. The van der Waals surface area contributed by atoms with Crippen LogP contribution < -0.4 is 5.73 Å². The van der Waals surface area contributed by atoms with E-state index in [-0.39, 0.29) is 6.10 Å². The first-order valence-corrected chi connectivity index (χ1v) is 4.73. The van der Waals surface area contributed by atoms with E-state index in [1.54, 1.807) is 12.3 Å². The van der Waals surface area contributed by atoms with Crippen molar-refractivity contribution >= 4 is 11.4 Å². The molecule has 0 aliphatic heterocycles. The normalized spacial score (nSPS) is 21.8. The van der Waals surface area contributed by atoms with Crippen molar-refractivity contribution in [3.8, 4) is 0 Å². The summed E-state index contributed by atoms with van der Waals surface area (Å²) in [5.41, 5.74) is 6.56. The van der Waals surface area contributed by atoms with E-state index in [1.165, 1.54) is 0 Å². The predicted molar refractivity (Wildman–Crippen MR) is 54.3 cm³/mol. The van der Waals surface area contributed by atoms with Crippen LogP contribution in [0.25, 0.3) is 5.57 Å². The number of aromatic nitrogens is 2. The molecule has 4 nitrogen and oxygen atoms in total. The molecule has 0 fully saturated rings. The van der Waals surface area contributed by atoms with Crippen LogP contribution in [-0.2, 0) is 0 Å². The van der Waals surface area contributed by atoms with E-state index in [0.29, 0.717) is 11.6 Å². The maximum atomic E-state index is 9.45. The number of aliphatic hydroxyl groups is 1. The van der Waals surface area contributed by atoms with Crippen LogP contribution in [0.15, 0.2) is 18.3 Å². The SMILES string of the molecule is Nc1ccnc(C2=CC(O)CCC2)n1. The van der Waals surface area contributed by atoms with Gasteiger partial charge in [-0.2, -0.15) is 0 Å². The van der Waals surface area contributed by atoms with Crippen molar-refractivity contribution in [1.29, 1.82) is 0 Å². The summed E-state index contributed by atoms with van der Waals surface area (Å²) in [6.07, 6.45) is 5.82. The Hall–Kier alpha value is -1.42. The highest BCUT2D eigenvalue weighted by Crippen LogP contribution is 2.24. The molecule has 1 aromatic heterocycles. The number of nitrogens with zero attached hydrogens (tertiary/aromatic N) is 2. The number of nitrogen functional groups attached to an aromatic ring is 1. The summed E-state index contributed by atoms with van der Waals surface area (Å²) in [4.78, 5) is 8.25.